The van der Waals surface area contributed by atoms with Crippen molar-refractivity contribution < 1.29 is 0 Å². The molecule has 1 heterocycles. The molecule has 0 saturated heterocycles. The molecule has 59 heavy (non-hydrogen) atoms. The van der Waals surface area contributed by atoms with E-state index in [1.54, 1.807) is 0 Å². The van der Waals surface area contributed by atoms with Gasteiger partial charge in [-0.2, -0.15) is 0 Å². The van der Waals surface area contributed by atoms with Gasteiger partial charge in [0.15, 0.2) is 0 Å². The molecule has 3 nitrogen and oxygen atoms in total. The Labute approximate surface area is 348 Å². The molecule has 3 aliphatic carbocycles. The van der Waals surface area contributed by atoms with Crippen LogP contribution in [0.5, 0.6) is 0 Å². The highest BCUT2D eigenvalue weighted by Crippen LogP contribution is 2.43. The molecular weight excluding hydrogens is 715 g/mol. The van der Waals surface area contributed by atoms with Crippen molar-refractivity contribution in [2.45, 2.75) is 51.6 Å². The second kappa shape index (κ2) is 15.8. The molecule has 2 unspecified atom stereocenters. The largest absolute Gasteiger partial charge is 0.354 e. The molecule has 0 N–H and O–H groups in total. The SMILES string of the molecule is Cc1ccc(N(c2ccc3c(c2)c2c(n3C3=CC=CC(N(c4ccc(C)cc4)C4CC=CCc5ccccc54)C=C3)/C=C\C/C=C/C2)c2cccc3ccccc23)cc1. The Kier molecular flexibility index (Phi) is 9.80. The van der Waals surface area contributed by atoms with Gasteiger partial charge in [0.05, 0.1) is 29.0 Å². The van der Waals surface area contributed by atoms with E-state index in [0.29, 0.717) is 0 Å². The lowest BCUT2D eigenvalue weighted by molar-refractivity contribution is 0.616. The summed E-state index contributed by atoms with van der Waals surface area (Å²) >= 11 is 0. The van der Waals surface area contributed by atoms with Gasteiger partial charge in [-0.25, -0.2) is 0 Å². The summed E-state index contributed by atoms with van der Waals surface area (Å²) in [7, 11) is 0. The van der Waals surface area contributed by atoms with Gasteiger partial charge in [-0.05, 0) is 128 Å². The third-order valence-corrected chi connectivity index (χ3v) is 12.3. The number of nitrogens with zero attached hydrogens (tertiary/aromatic N) is 3. The summed E-state index contributed by atoms with van der Waals surface area (Å²) < 4.78 is 2.49. The fourth-order valence-corrected chi connectivity index (χ4v) is 9.32. The summed E-state index contributed by atoms with van der Waals surface area (Å²) in [6.45, 7) is 4.32. The molecule has 288 valence electrons. The van der Waals surface area contributed by atoms with Crippen molar-refractivity contribution in [3.05, 3.63) is 228 Å². The van der Waals surface area contributed by atoms with Crippen molar-refractivity contribution in [1.29, 1.82) is 0 Å². The van der Waals surface area contributed by atoms with Crippen LogP contribution in [0.4, 0.5) is 22.7 Å². The maximum Gasteiger partial charge on any atom is 0.0670 e. The van der Waals surface area contributed by atoms with Gasteiger partial charge >= 0.3 is 0 Å². The highest BCUT2D eigenvalue weighted by Gasteiger charge is 2.28. The van der Waals surface area contributed by atoms with Gasteiger partial charge in [-0.15, -0.1) is 0 Å². The molecule has 0 fully saturated rings. The van der Waals surface area contributed by atoms with Crippen LogP contribution in [0.25, 0.3) is 33.4 Å². The Morgan fingerprint density at radius 1 is 0.593 bits per heavy atom. The number of aromatic nitrogens is 1. The average Bonchev–Trinajstić information content (AvgIpc) is 3.43. The average molecular weight is 764 g/mol. The van der Waals surface area contributed by atoms with Crippen LogP contribution in [0.1, 0.15) is 52.4 Å². The topological polar surface area (TPSA) is 11.4 Å². The first-order valence-electron chi connectivity index (χ1n) is 21.1. The molecule has 0 radical (unpaired) electrons. The van der Waals surface area contributed by atoms with Gasteiger partial charge in [-0.1, -0.05) is 145 Å². The Morgan fingerprint density at radius 2 is 1.34 bits per heavy atom. The summed E-state index contributed by atoms with van der Waals surface area (Å²) in [5.74, 6) is 0. The maximum atomic E-state index is 2.63. The molecule has 1 aromatic heterocycles. The van der Waals surface area contributed by atoms with E-state index in [1.165, 1.54) is 66.6 Å². The number of rotatable bonds is 7. The minimum Gasteiger partial charge on any atom is -0.354 e. The van der Waals surface area contributed by atoms with Crippen molar-refractivity contribution in [2.24, 2.45) is 0 Å². The van der Waals surface area contributed by atoms with Crippen molar-refractivity contribution in [2.75, 3.05) is 9.80 Å². The van der Waals surface area contributed by atoms with E-state index in [-0.39, 0.29) is 12.1 Å². The summed E-state index contributed by atoms with van der Waals surface area (Å²) in [6, 6.07) is 49.7. The van der Waals surface area contributed by atoms with Gasteiger partial charge in [0, 0.05) is 33.5 Å². The predicted octanol–water partition coefficient (Wildman–Crippen LogP) is 14.5. The predicted molar refractivity (Wildman–Crippen MR) is 252 cm³/mol. The van der Waals surface area contributed by atoms with E-state index in [1.807, 2.05) is 0 Å². The van der Waals surface area contributed by atoms with Gasteiger partial charge in [-0.3, -0.25) is 0 Å². The Balaban J connectivity index is 1.10. The van der Waals surface area contributed by atoms with Crippen molar-refractivity contribution in [3.8, 4) is 0 Å². The number of anilines is 4. The van der Waals surface area contributed by atoms with Crippen LogP contribution in [0.3, 0.4) is 0 Å². The van der Waals surface area contributed by atoms with E-state index in [2.05, 4.69) is 229 Å². The molecule has 0 aliphatic heterocycles. The molecule has 0 amide bonds. The lowest BCUT2D eigenvalue weighted by atomic mass is 9.95. The molecule has 0 bridgehead atoms. The van der Waals surface area contributed by atoms with Crippen molar-refractivity contribution in [1.82, 2.24) is 4.57 Å². The first-order valence-corrected chi connectivity index (χ1v) is 21.1. The Bertz CT molecular complexity index is 2850. The highest BCUT2D eigenvalue weighted by molar-refractivity contribution is 6.01. The van der Waals surface area contributed by atoms with E-state index < -0.39 is 0 Å². The smallest absolute Gasteiger partial charge is 0.0670 e. The second-order valence-electron chi connectivity index (χ2n) is 16.1. The number of benzene rings is 6. The normalized spacial score (nSPS) is 18.2. The highest BCUT2D eigenvalue weighted by atomic mass is 15.2. The molecule has 0 spiro atoms. The lowest BCUT2D eigenvalue weighted by Crippen LogP contribution is -2.36. The summed E-state index contributed by atoms with van der Waals surface area (Å²) in [4.78, 5) is 5.05. The van der Waals surface area contributed by atoms with E-state index >= 15 is 0 Å². The molecule has 2 atom stereocenters. The minimum atomic E-state index is 0.0495. The third-order valence-electron chi connectivity index (χ3n) is 12.3. The van der Waals surface area contributed by atoms with E-state index in [0.717, 1.165) is 42.8 Å². The molecule has 0 saturated carbocycles. The third kappa shape index (κ3) is 6.97. The van der Waals surface area contributed by atoms with Crippen LogP contribution in [0.2, 0.25) is 0 Å². The molecular formula is C56H49N3. The fraction of sp³-hybridized carbons (Fsp3) is 0.143. The quantitative estimate of drug-likeness (QED) is 0.150. The van der Waals surface area contributed by atoms with Crippen LogP contribution >= 0.6 is 0 Å². The van der Waals surface area contributed by atoms with E-state index in [4.69, 9.17) is 0 Å². The zero-order valence-corrected chi connectivity index (χ0v) is 33.9. The molecule has 6 aromatic carbocycles. The van der Waals surface area contributed by atoms with Crippen LogP contribution in [0, 0.1) is 13.8 Å². The van der Waals surface area contributed by atoms with Gasteiger partial charge in [0.1, 0.15) is 0 Å². The standard InChI is InChI=1S/C56H49N3/c1-40-27-31-46(32-28-40)57(53-25-12-9-17-42-15-7-10-21-49(42)53)44-19-14-20-45(36-35-44)59-55-24-6-4-3-5-23-51(55)52-39-48(37-38-56(52)59)58(47-33-29-41(2)30-34-47)54-26-13-18-43-16-8-11-22-50(43)54/h3,5-16,18-22,24,26-39,44,53H,4,17,23,25H2,1-2H3/b5-3+,24-6-. The lowest BCUT2D eigenvalue weighted by Gasteiger charge is -2.38. The summed E-state index contributed by atoms with van der Waals surface area (Å²) in [5, 5.41) is 3.73. The first kappa shape index (κ1) is 36.5. The van der Waals surface area contributed by atoms with Gasteiger partial charge in [0.25, 0.3) is 0 Å². The van der Waals surface area contributed by atoms with Crippen LogP contribution in [0.15, 0.2) is 194 Å². The van der Waals surface area contributed by atoms with Crippen molar-refractivity contribution >= 4 is 56.2 Å². The van der Waals surface area contributed by atoms with Gasteiger partial charge < -0.3 is 14.4 Å². The molecule has 3 aliphatic rings. The molecule has 7 aromatic rings. The molecule has 3 heteroatoms. The Hall–Kier alpha value is -6.84. The fourth-order valence-electron chi connectivity index (χ4n) is 9.32. The van der Waals surface area contributed by atoms with Crippen LogP contribution in [-0.2, 0) is 12.8 Å². The zero-order chi connectivity index (χ0) is 39.7. The monoisotopic (exact) mass is 763 g/mol. The number of fused-ring (bicyclic) bond motifs is 5. The van der Waals surface area contributed by atoms with Crippen molar-refractivity contribution in [3.63, 3.8) is 0 Å². The zero-order valence-electron chi connectivity index (χ0n) is 33.9. The maximum absolute atomic E-state index is 2.63. The minimum absolute atomic E-state index is 0.0495. The number of hydrogen-bond donors (Lipinski definition) is 0. The van der Waals surface area contributed by atoms with E-state index in [9.17, 15) is 0 Å². The number of allylic oxidation sites excluding steroid dienone is 8. The summed E-state index contributed by atoms with van der Waals surface area (Å²) in [6.07, 6.45) is 29.4. The number of hydrogen-bond acceptors (Lipinski definition) is 2. The number of aryl methyl sites for hydroxylation is 2. The summed E-state index contributed by atoms with van der Waals surface area (Å²) in [5.41, 5.74) is 15.0. The molecule has 10 rings (SSSR count). The second-order valence-corrected chi connectivity index (χ2v) is 16.1. The van der Waals surface area contributed by atoms with Crippen LogP contribution < -0.4 is 9.80 Å². The first-order chi connectivity index (χ1) is 29.1. The Morgan fingerprint density at radius 3 is 2.20 bits per heavy atom. The van der Waals surface area contributed by atoms with Gasteiger partial charge in [0.2, 0.25) is 0 Å². The van der Waals surface area contributed by atoms with Crippen LogP contribution in [-0.4, -0.2) is 10.6 Å².